The molecule has 0 aromatic rings. The van der Waals surface area contributed by atoms with Gasteiger partial charge in [-0.3, -0.25) is 14.5 Å². The van der Waals surface area contributed by atoms with Crippen LogP contribution in [0.2, 0.25) is 0 Å². The maximum absolute atomic E-state index is 12.4. The summed E-state index contributed by atoms with van der Waals surface area (Å²) in [4.78, 5) is 26.2. The van der Waals surface area contributed by atoms with E-state index in [9.17, 15) is 14.7 Å². The fourth-order valence-electron chi connectivity index (χ4n) is 4.40. The van der Waals surface area contributed by atoms with E-state index in [2.05, 4.69) is 0 Å². The summed E-state index contributed by atoms with van der Waals surface area (Å²) in [6, 6.07) is 0. The van der Waals surface area contributed by atoms with Crippen molar-refractivity contribution in [2.75, 3.05) is 6.54 Å². The quantitative estimate of drug-likeness (QED) is 0.789. The summed E-state index contributed by atoms with van der Waals surface area (Å²) in [6.45, 7) is 0.533. The number of amides is 2. The van der Waals surface area contributed by atoms with Crippen LogP contribution in [0, 0.1) is 11.3 Å². The van der Waals surface area contributed by atoms with Crippen LogP contribution in [-0.2, 0) is 9.59 Å². The van der Waals surface area contributed by atoms with E-state index < -0.39 is 0 Å². The van der Waals surface area contributed by atoms with Gasteiger partial charge in [0.2, 0.25) is 11.8 Å². The van der Waals surface area contributed by atoms with Gasteiger partial charge in [0, 0.05) is 19.4 Å². The number of likely N-dealkylation sites (tertiary alicyclic amines) is 1. The third-order valence-corrected chi connectivity index (χ3v) is 5.51. The third kappa shape index (κ3) is 2.76. The molecule has 0 radical (unpaired) electrons. The van der Waals surface area contributed by atoms with E-state index in [1.54, 1.807) is 0 Å². The van der Waals surface area contributed by atoms with Crippen molar-refractivity contribution in [3.05, 3.63) is 0 Å². The van der Waals surface area contributed by atoms with Crippen molar-refractivity contribution in [1.29, 1.82) is 0 Å². The first-order valence-corrected chi connectivity index (χ1v) is 8.09. The Balaban J connectivity index is 1.62. The molecule has 1 aliphatic heterocycles. The molecular formula is C16H25NO3. The van der Waals surface area contributed by atoms with E-state index in [0.717, 1.165) is 51.4 Å². The van der Waals surface area contributed by atoms with Crippen molar-refractivity contribution < 1.29 is 14.7 Å². The molecule has 2 saturated carbocycles. The first-order valence-electron chi connectivity index (χ1n) is 8.09. The molecule has 1 N–H and O–H groups in total. The van der Waals surface area contributed by atoms with Crippen molar-refractivity contribution >= 4 is 11.8 Å². The van der Waals surface area contributed by atoms with E-state index in [1.807, 2.05) is 0 Å². The second kappa shape index (κ2) is 5.47. The van der Waals surface area contributed by atoms with Crippen LogP contribution in [0.15, 0.2) is 0 Å². The lowest BCUT2D eigenvalue weighted by Crippen LogP contribution is -2.49. The van der Waals surface area contributed by atoms with Gasteiger partial charge in [-0.25, -0.2) is 0 Å². The summed E-state index contributed by atoms with van der Waals surface area (Å²) in [5.74, 6) is 0.357. The Morgan fingerprint density at radius 1 is 1.05 bits per heavy atom. The highest BCUT2D eigenvalue weighted by atomic mass is 16.3. The zero-order chi connectivity index (χ0) is 14.2. The maximum atomic E-state index is 12.4. The summed E-state index contributed by atoms with van der Waals surface area (Å²) in [6.07, 6.45) is 8.92. The molecule has 0 aromatic carbocycles. The fourth-order valence-corrected chi connectivity index (χ4v) is 4.40. The van der Waals surface area contributed by atoms with Crippen LogP contribution in [-0.4, -0.2) is 34.5 Å². The smallest absolute Gasteiger partial charge is 0.229 e. The second-order valence-electron chi connectivity index (χ2n) is 7.15. The van der Waals surface area contributed by atoms with Crippen LogP contribution in [0.1, 0.15) is 64.2 Å². The van der Waals surface area contributed by atoms with Gasteiger partial charge in [-0.2, -0.15) is 0 Å². The number of imide groups is 1. The molecule has 2 amide bonds. The molecule has 112 valence electrons. The number of aliphatic hydroxyl groups is 1. The first-order chi connectivity index (χ1) is 9.58. The SMILES string of the molecule is O=C1CC2(CCCC2)CC(=O)N1CC1CCCC(O)C1. The molecule has 1 saturated heterocycles. The van der Waals surface area contributed by atoms with Gasteiger partial charge < -0.3 is 5.11 Å². The van der Waals surface area contributed by atoms with Crippen LogP contribution in [0.25, 0.3) is 0 Å². The van der Waals surface area contributed by atoms with Gasteiger partial charge >= 0.3 is 0 Å². The zero-order valence-corrected chi connectivity index (χ0v) is 12.1. The minimum absolute atomic E-state index is 0.00323. The highest BCUT2D eigenvalue weighted by molar-refractivity contribution is 5.98. The molecule has 0 aromatic heterocycles. The third-order valence-electron chi connectivity index (χ3n) is 5.51. The van der Waals surface area contributed by atoms with Crippen molar-refractivity contribution in [3.8, 4) is 0 Å². The number of nitrogens with zero attached hydrogens (tertiary/aromatic N) is 1. The highest BCUT2D eigenvalue weighted by Gasteiger charge is 2.45. The molecule has 2 atom stereocenters. The van der Waals surface area contributed by atoms with Crippen molar-refractivity contribution in [2.45, 2.75) is 70.3 Å². The average Bonchev–Trinajstić information content (AvgIpc) is 2.82. The Morgan fingerprint density at radius 3 is 2.30 bits per heavy atom. The lowest BCUT2D eigenvalue weighted by molar-refractivity contribution is -0.154. The van der Waals surface area contributed by atoms with Gasteiger partial charge in [-0.1, -0.05) is 19.3 Å². The molecule has 4 heteroatoms. The molecule has 0 bridgehead atoms. The molecular weight excluding hydrogens is 254 g/mol. The topological polar surface area (TPSA) is 57.6 Å². The molecule has 4 nitrogen and oxygen atoms in total. The average molecular weight is 279 g/mol. The number of hydrogen-bond donors (Lipinski definition) is 1. The molecule has 1 heterocycles. The Labute approximate surface area is 120 Å². The molecule has 1 spiro atoms. The van der Waals surface area contributed by atoms with Crippen LogP contribution in [0.5, 0.6) is 0 Å². The number of piperidine rings is 1. The van der Waals surface area contributed by atoms with Gasteiger partial charge in [0.15, 0.2) is 0 Å². The largest absolute Gasteiger partial charge is 0.393 e. The summed E-state index contributed by atoms with van der Waals surface area (Å²) in [7, 11) is 0. The monoisotopic (exact) mass is 279 g/mol. The molecule has 2 unspecified atom stereocenters. The summed E-state index contributed by atoms with van der Waals surface area (Å²) >= 11 is 0. The van der Waals surface area contributed by atoms with E-state index in [0.29, 0.717) is 25.3 Å². The Hall–Kier alpha value is -0.900. The van der Waals surface area contributed by atoms with Gasteiger partial charge in [0.1, 0.15) is 0 Å². The number of hydrogen-bond acceptors (Lipinski definition) is 3. The fraction of sp³-hybridized carbons (Fsp3) is 0.875. The van der Waals surface area contributed by atoms with Crippen LogP contribution in [0.4, 0.5) is 0 Å². The Morgan fingerprint density at radius 2 is 1.70 bits per heavy atom. The summed E-state index contributed by atoms with van der Waals surface area (Å²) in [5.41, 5.74) is -0.00323. The van der Waals surface area contributed by atoms with E-state index in [4.69, 9.17) is 0 Å². The van der Waals surface area contributed by atoms with Crippen molar-refractivity contribution in [2.24, 2.45) is 11.3 Å². The standard InChI is InChI=1S/C16H25NO3/c18-13-5-3-4-12(8-13)11-17-14(19)9-16(10-15(17)20)6-1-2-7-16/h12-13,18H,1-11H2. The first kappa shape index (κ1) is 14.1. The molecule has 3 rings (SSSR count). The minimum Gasteiger partial charge on any atom is -0.393 e. The predicted molar refractivity (Wildman–Crippen MR) is 74.8 cm³/mol. The van der Waals surface area contributed by atoms with Gasteiger partial charge in [-0.15, -0.1) is 0 Å². The zero-order valence-electron chi connectivity index (χ0n) is 12.1. The second-order valence-corrected chi connectivity index (χ2v) is 7.15. The van der Waals surface area contributed by atoms with Crippen molar-refractivity contribution in [1.82, 2.24) is 4.90 Å². The van der Waals surface area contributed by atoms with Crippen LogP contribution in [0.3, 0.4) is 0 Å². The van der Waals surface area contributed by atoms with Gasteiger partial charge in [0.05, 0.1) is 6.10 Å². The lowest BCUT2D eigenvalue weighted by atomic mass is 9.76. The number of carbonyl (C=O) groups is 2. The van der Waals surface area contributed by atoms with E-state index >= 15 is 0 Å². The molecule has 20 heavy (non-hydrogen) atoms. The highest BCUT2D eigenvalue weighted by Crippen LogP contribution is 2.47. The Bertz CT molecular complexity index is 381. The molecule has 2 aliphatic carbocycles. The maximum Gasteiger partial charge on any atom is 0.229 e. The van der Waals surface area contributed by atoms with Crippen LogP contribution >= 0.6 is 0 Å². The van der Waals surface area contributed by atoms with E-state index in [-0.39, 0.29) is 23.3 Å². The predicted octanol–water partition coefficient (Wildman–Crippen LogP) is 2.25. The van der Waals surface area contributed by atoms with Gasteiger partial charge in [0.25, 0.3) is 0 Å². The molecule has 3 fully saturated rings. The van der Waals surface area contributed by atoms with Gasteiger partial charge in [-0.05, 0) is 43.4 Å². The number of rotatable bonds is 2. The van der Waals surface area contributed by atoms with Crippen LogP contribution < -0.4 is 0 Å². The number of carbonyl (C=O) groups excluding carboxylic acids is 2. The van der Waals surface area contributed by atoms with E-state index in [1.165, 1.54) is 4.90 Å². The van der Waals surface area contributed by atoms with Crippen molar-refractivity contribution in [3.63, 3.8) is 0 Å². The number of aliphatic hydroxyl groups excluding tert-OH is 1. The summed E-state index contributed by atoms with van der Waals surface area (Å²) in [5, 5.41) is 9.72. The minimum atomic E-state index is -0.245. The molecule has 3 aliphatic rings. The Kier molecular flexibility index (Phi) is 3.85. The lowest BCUT2D eigenvalue weighted by Gasteiger charge is -2.39. The normalized spacial score (nSPS) is 34.0. The summed E-state index contributed by atoms with van der Waals surface area (Å²) < 4.78 is 0.